The van der Waals surface area contributed by atoms with Crippen molar-refractivity contribution in [2.24, 2.45) is 0 Å². The minimum Gasteiger partial charge on any atom is -0.505 e. The monoisotopic (exact) mass is 130 g/mol. The number of aromatic hydroxyl groups is 1. The third-order valence-electron chi connectivity index (χ3n) is 0.933. The lowest BCUT2D eigenvalue weighted by atomic mass is 10.6. The molecule has 0 bridgehead atoms. The van der Waals surface area contributed by atoms with Crippen molar-refractivity contribution >= 4 is 0 Å². The standard InChI is InChI=1S/C5H7FN2O/c6-1-2-8-4-5(9)3-7-8/h3-4,9H,1-2H2. The van der Waals surface area contributed by atoms with Crippen molar-refractivity contribution in [2.75, 3.05) is 6.67 Å². The van der Waals surface area contributed by atoms with Crippen LogP contribution < -0.4 is 0 Å². The molecule has 1 heterocycles. The van der Waals surface area contributed by atoms with E-state index in [-0.39, 0.29) is 12.3 Å². The third-order valence-corrected chi connectivity index (χ3v) is 0.933. The van der Waals surface area contributed by atoms with Gasteiger partial charge < -0.3 is 5.11 Å². The first-order valence-corrected chi connectivity index (χ1v) is 2.60. The molecule has 0 saturated carbocycles. The molecular weight excluding hydrogens is 123 g/mol. The van der Waals surface area contributed by atoms with E-state index in [1.54, 1.807) is 0 Å². The quantitative estimate of drug-likeness (QED) is 0.635. The topological polar surface area (TPSA) is 38.1 Å². The summed E-state index contributed by atoms with van der Waals surface area (Å²) in [5, 5.41) is 12.3. The number of rotatable bonds is 2. The van der Waals surface area contributed by atoms with Gasteiger partial charge in [0.2, 0.25) is 0 Å². The van der Waals surface area contributed by atoms with Gasteiger partial charge in [0.05, 0.1) is 18.9 Å². The molecule has 0 unspecified atom stereocenters. The molecule has 1 aromatic rings. The normalized spacial score (nSPS) is 9.89. The SMILES string of the molecule is Oc1cnn(CCF)c1. The van der Waals surface area contributed by atoms with Gasteiger partial charge in [0, 0.05) is 0 Å². The highest BCUT2D eigenvalue weighted by atomic mass is 19.1. The van der Waals surface area contributed by atoms with Gasteiger partial charge in [-0.15, -0.1) is 0 Å². The van der Waals surface area contributed by atoms with Crippen LogP contribution in [-0.4, -0.2) is 21.6 Å². The summed E-state index contributed by atoms with van der Waals surface area (Å²) in [4.78, 5) is 0. The molecule has 0 aliphatic carbocycles. The van der Waals surface area contributed by atoms with Crippen LogP contribution in [0.25, 0.3) is 0 Å². The van der Waals surface area contributed by atoms with Crippen molar-refractivity contribution in [1.82, 2.24) is 9.78 Å². The second kappa shape index (κ2) is 2.48. The minimum absolute atomic E-state index is 0.0726. The van der Waals surface area contributed by atoms with Gasteiger partial charge in [0.15, 0.2) is 5.75 Å². The molecule has 0 radical (unpaired) electrons. The average molecular weight is 130 g/mol. The van der Waals surface area contributed by atoms with Gasteiger partial charge in [0.1, 0.15) is 6.67 Å². The van der Waals surface area contributed by atoms with Crippen LogP contribution in [0.5, 0.6) is 5.75 Å². The number of hydrogen-bond acceptors (Lipinski definition) is 2. The van der Waals surface area contributed by atoms with Crippen molar-refractivity contribution in [1.29, 1.82) is 0 Å². The Hall–Kier alpha value is -1.06. The molecule has 0 fully saturated rings. The second-order valence-electron chi connectivity index (χ2n) is 1.65. The fourth-order valence-corrected chi connectivity index (χ4v) is 0.562. The molecule has 9 heavy (non-hydrogen) atoms. The molecule has 0 aliphatic rings. The Bertz CT molecular complexity index is 187. The van der Waals surface area contributed by atoms with Crippen LogP contribution >= 0.6 is 0 Å². The largest absolute Gasteiger partial charge is 0.505 e. The molecule has 0 aromatic carbocycles. The van der Waals surface area contributed by atoms with Gasteiger partial charge in [-0.05, 0) is 0 Å². The number of hydrogen-bond donors (Lipinski definition) is 1. The van der Waals surface area contributed by atoms with Crippen LogP contribution in [0.15, 0.2) is 12.4 Å². The number of alkyl halides is 1. The number of nitrogens with zero attached hydrogens (tertiary/aromatic N) is 2. The molecule has 0 amide bonds. The first-order valence-electron chi connectivity index (χ1n) is 2.60. The van der Waals surface area contributed by atoms with Gasteiger partial charge in [-0.1, -0.05) is 0 Å². The smallest absolute Gasteiger partial charge is 0.153 e. The Morgan fingerprint density at radius 3 is 3.00 bits per heavy atom. The highest BCUT2D eigenvalue weighted by molar-refractivity contribution is 5.08. The number of aromatic nitrogens is 2. The highest BCUT2D eigenvalue weighted by Crippen LogP contribution is 2.03. The molecule has 0 spiro atoms. The van der Waals surface area contributed by atoms with E-state index in [2.05, 4.69) is 5.10 Å². The number of aryl methyl sites for hydroxylation is 1. The van der Waals surface area contributed by atoms with Crippen molar-refractivity contribution in [2.45, 2.75) is 6.54 Å². The average Bonchev–Trinajstić information content (AvgIpc) is 2.17. The molecule has 0 saturated heterocycles. The van der Waals surface area contributed by atoms with E-state index >= 15 is 0 Å². The van der Waals surface area contributed by atoms with E-state index in [4.69, 9.17) is 5.11 Å². The molecule has 1 aromatic heterocycles. The molecule has 3 nitrogen and oxygen atoms in total. The lowest BCUT2D eigenvalue weighted by Gasteiger charge is -1.90. The molecule has 0 atom stereocenters. The fourth-order valence-electron chi connectivity index (χ4n) is 0.562. The van der Waals surface area contributed by atoms with Crippen LogP contribution in [0, 0.1) is 0 Å². The van der Waals surface area contributed by atoms with Crippen molar-refractivity contribution in [3.8, 4) is 5.75 Å². The van der Waals surface area contributed by atoms with Crippen LogP contribution in [0.4, 0.5) is 4.39 Å². The molecule has 0 aliphatic heterocycles. The maximum atomic E-state index is 11.5. The summed E-state index contributed by atoms with van der Waals surface area (Å²) in [6, 6.07) is 0. The summed E-state index contributed by atoms with van der Waals surface area (Å²) >= 11 is 0. The van der Waals surface area contributed by atoms with E-state index in [9.17, 15) is 4.39 Å². The van der Waals surface area contributed by atoms with Crippen molar-refractivity contribution < 1.29 is 9.50 Å². The van der Waals surface area contributed by atoms with Gasteiger partial charge >= 0.3 is 0 Å². The summed E-state index contributed by atoms with van der Waals surface area (Å²) < 4.78 is 12.9. The zero-order valence-electron chi connectivity index (χ0n) is 4.79. The Morgan fingerprint density at radius 2 is 2.56 bits per heavy atom. The molecule has 50 valence electrons. The predicted molar refractivity (Wildman–Crippen MR) is 29.9 cm³/mol. The maximum absolute atomic E-state index is 11.5. The minimum atomic E-state index is -0.457. The fraction of sp³-hybridized carbons (Fsp3) is 0.400. The van der Waals surface area contributed by atoms with Gasteiger partial charge in [-0.25, -0.2) is 4.39 Å². The summed E-state index contributed by atoms with van der Waals surface area (Å²) in [6.07, 6.45) is 2.65. The molecule has 1 N–H and O–H groups in total. The van der Waals surface area contributed by atoms with Crippen LogP contribution in [0.1, 0.15) is 0 Å². The van der Waals surface area contributed by atoms with E-state index in [0.29, 0.717) is 0 Å². The molecule has 4 heteroatoms. The Morgan fingerprint density at radius 1 is 1.78 bits per heavy atom. The van der Waals surface area contributed by atoms with Crippen molar-refractivity contribution in [3.05, 3.63) is 12.4 Å². The van der Waals surface area contributed by atoms with E-state index in [1.807, 2.05) is 0 Å². The van der Waals surface area contributed by atoms with E-state index in [1.165, 1.54) is 17.1 Å². The van der Waals surface area contributed by atoms with Crippen LogP contribution in [0.3, 0.4) is 0 Å². The van der Waals surface area contributed by atoms with E-state index in [0.717, 1.165) is 0 Å². The first kappa shape index (κ1) is 6.07. The summed E-state index contributed by atoms with van der Waals surface area (Å²) in [5.74, 6) is 0.0726. The third kappa shape index (κ3) is 1.42. The lowest BCUT2D eigenvalue weighted by molar-refractivity contribution is 0.424. The second-order valence-corrected chi connectivity index (χ2v) is 1.65. The first-order chi connectivity index (χ1) is 4.33. The van der Waals surface area contributed by atoms with E-state index < -0.39 is 6.67 Å². The Balaban J connectivity index is 2.61. The zero-order chi connectivity index (χ0) is 6.69. The lowest BCUT2D eigenvalue weighted by Crippen LogP contribution is -1.98. The van der Waals surface area contributed by atoms with Crippen LogP contribution in [-0.2, 0) is 6.54 Å². The summed E-state index contributed by atoms with van der Waals surface area (Å²) in [7, 11) is 0. The number of halogens is 1. The summed E-state index contributed by atoms with van der Waals surface area (Å²) in [5.41, 5.74) is 0. The Kier molecular flexibility index (Phi) is 1.67. The highest BCUT2D eigenvalue weighted by Gasteiger charge is 1.92. The van der Waals surface area contributed by atoms with Gasteiger partial charge in [0.25, 0.3) is 0 Å². The molecular formula is C5H7FN2O. The van der Waals surface area contributed by atoms with Gasteiger partial charge in [-0.3, -0.25) is 4.68 Å². The summed E-state index contributed by atoms with van der Waals surface area (Å²) in [6.45, 7) is -0.248. The molecule has 1 rings (SSSR count). The Labute approximate surface area is 51.7 Å². The van der Waals surface area contributed by atoms with Crippen molar-refractivity contribution in [3.63, 3.8) is 0 Å². The van der Waals surface area contributed by atoms with Gasteiger partial charge in [-0.2, -0.15) is 5.10 Å². The predicted octanol–water partition coefficient (Wildman–Crippen LogP) is 0.558. The maximum Gasteiger partial charge on any atom is 0.153 e. The zero-order valence-corrected chi connectivity index (χ0v) is 4.79. The van der Waals surface area contributed by atoms with Crippen LogP contribution in [0.2, 0.25) is 0 Å².